The highest BCUT2D eigenvalue weighted by Crippen LogP contribution is 2.20. The van der Waals surface area contributed by atoms with Gasteiger partial charge in [-0.3, -0.25) is 0 Å². The normalized spacial score (nSPS) is 9.36. The van der Waals surface area contributed by atoms with Crippen molar-refractivity contribution in [2.24, 2.45) is 4.99 Å². The van der Waals surface area contributed by atoms with Gasteiger partial charge in [0.15, 0.2) is 0 Å². The summed E-state index contributed by atoms with van der Waals surface area (Å²) in [6.45, 7) is 0.161. The second-order valence-corrected chi connectivity index (χ2v) is 3.07. The molecule has 0 radical (unpaired) electrons. The van der Waals surface area contributed by atoms with Gasteiger partial charge in [0.2, 0.25) is 6.08 Å². The Hall–Kier alpha value is -1.67. The first-order chi connectivity index (χ1) is 6.65. The summed E-state index contributed by atoms with van der Waals surface area (Å²) in [6, 6.07) is 4.41. The Bertz CT molecular complexity index is 370. The minimum Gasteiger partial charge on any atom is -0.377 e. The van der Waals surface area contributed by atoms with Crippen LogP contribution in [-0.4, -0.2) is 20.2 Å². The highest BCUT2D eigenvalue weighted by molar-refractivity contribution is 5.53. The molecule has 0 atom stereocenters. The molecule has 4 heteroatoms. The minimum atomic E-state index is -0.327. The Morgan fingerprint density at radius 1 is 1.50 bits per heavy atom. The zero-order valence-electron chi connectivity index (χ0n) is 8.12. The van der Waals surface area contributed by atoms with Crippen LogP contribution in [-0.2, 0) is 11.3 Å². The average Bonchev–Trinajstić information content (AvgIpc) is 2.14. The second-order valence-electron chi connectivity index (χ2n) is 3.07. The lowest BCUT2D eigenvalue weighted by Crippen LogP contribution is -2.11. The fraction of sp³-hybridized carbons (Fsp3) is 0.300. The van der Waals surface area contributed by atoms with Crippen molar-refractivity contribution in [1.82, 2.24) is 0 Å². The average molecular weight is 194 g/mol. The smallest absolute Gasteiger partial charge is 0.235 e. The van der Waals surface area contributed by atoms with Crippen molar-refractivity contribution in [1.29, 1.82) is 0 Å². The van der Waals surface area contributed by atoms with Gasteiger partial charge in [-0.15, -0.1) is 0 Å². The SMILES string of the molecule is CN(C)c1ccc(F)cc1CN=C=O. The van der Waals surface area contributed by atoms with Crippen LogP contribution in [0.3, 0.4) is 0 Å². The number of aliphatic imine (C=N–C) groups is 1. The molecule has 0 heterocycles. The predicted octanol–water partition coefficient (Wildman–Crippen LogP) is 1.73. The number of hydrogen-bond donors (Lipinski definition) is 0. The van der Waals surface area contributed by atoms with Crippen LogP contribution in [0.5, 0.6) is 0 Å². The fourth-order valence-electron chi connectivity index (χ4n) is 1.23. The molecule has 0 aliphatic carbocycles. The third-order valence-corrected chi connectivity index (χ3v) is 1.84. The molecule has 3 nitrogen and oxygen atoms in total. The molecule has 0 aliphatic rings. The quantitative estimate of drug-likeness (QED) is 0.542. The van der Waals surface area contributed by atoms with Crippen molar-refractivity contribution >= 4 is 11.8 Å². The molecule has 1 aromatic carbocycles. The maximum Gasteiger partial charge on any atom is 0.235 e. The molecule has 0 bridgehead atoms. The van der Waals surface area contributed by atoms with E-state index in [9.17, 15) is 9.18 Å². The summed E-state index contributed by atoms with van der Waals surface area (Å²) in [7, 11) is 3.70. The molecule has 14 heavy (non-hydrogen) atoms. The fourth-order valence-corrected chi connectivity index (χ4v) is 1.23. The van der Waals surface area contributed by atoms with Crippen molar-refractivity contribution in [3.63, 3.8) is 0 Å². The van der Waals surface area contributed by atoms with Gasteiger partial charge in [0.25, 0.3) is 0 Å². The molecule has 0 N–H and O–H groups in total. The van der Waals surface area contributed by atoms with E-state index in [4.69, 9.17) is 0 Å². The zero-order chi connectivity index (χ0) is 10.6. The van der Waals surface area contributed by atoms with E-state index in [0.717, 1.165) is 5.69 Å². The standard InChI is InChI=1S/C10H11FN2O/c1-13(2)10-4-3-9(11)5-8(10)6-12-7-14/h3-5H,6H2,1-2H3. The summed E-state index contributed by atoms with van der Waals surface area (Å²) in [5, 5.41) is 0. The van der Waals surface area contributed by atoms with E-state index in [1.165, 1.54) is 18.2 Å². The third-order valence-electron chi connectivity index (χ3n) is 1.84. The Morgan fingerprint density at radius 3 is 2.79 bits per heavy atom. The van der Waals surface area contributed by atoms with Crippen LogP contribution < -0.4 is 4.90 Å². The Kier molecular flexibility index (Phi) is 3.37. The number of hydrogen-bond acceptors (Lipinski definition) is 3. The summed E-state index contributed by atoms with van der Waals surface area (Å²) in [6.07, 6.45) is 1.44. The number of isocyanates is 1. The topological polar surface area (TPSA) is 32.7 Å². The summed E-state index contributed by atoms with van der Waals surface area (Å²) in [5.74, 6) is -0.327. The van der Waals surface area contributed by atoms with Gasteiger partial charge in [-0.05, 0) is 18.2 Å². The van der Waals surface area contributed by atoms with Crippen LogP contribution in [0.15, 0.2) is 23.2 Å². The van der Waals surface area contributed by atoms with E-state index < -0.39 is 0 Å². The maximum absolute atomic E-state index is 12.9. The second kappa shape index (κ2) is 4.53. The van der Waals surface area contributed by atoms with E-state index in [-0.39, 0.29) is 12.4 Å². The zero-order valence-corrected chi connectivity index (χ0v) is 8.12. The highest BCUT2D eigenvalue weighted by Gasteiger charge is 2.04. The molecule has 1 aromatic rings. The Balaban J connectivity index is 3.08. The van der Waals surface area contributed by atoms with Crippen LogP contribution in [0.25, 0.3) is 0 Å². The Morgan fingerprint density at radius 2 is 2.21 bits per heavy atom. The summed E-state index contributed by atoms with van der Waals surface area (Å²) >= 11 is 0. The Labute approximate surface area is 81.9 Å². The van der Waals surface area contributed by atoms with Gasteiger partial charge in [0, 0.05) is 25.3 Å². The van der Waals surface area contributed by atoms with Crippen molar-refractivity contribution in [3.8, 4) is 0 Å². The lowest BCUT2D eigenvalue weighted by atomic mass is 10.1. The largest absolute Gasteiger partial charge is 0.377 e. The van der Waals surface area contributed by atoms with Crippen molar-refractivity contribution < 1.29 is 9.18 Å². The van der Waals surface area contributed by atoms with Crippen LogP contribution in [0.2, 0.25) is 0 Å². The summed E-state index contributed by atoms with van der Waals surface area (Å²) < 4.78 is 12.9. The molecular weight excluding hydrogens is 183 g/mol. The van der Waals surface area contributed by atoms with Crippen molar-refractivity contribution in [3.05, 3.63) is 29.6 Å². The number of carbonyl (C=O) groups excluding carboxylic acids is 1. The third kappa shape index (κ3) is 2.41. The van der Waals surface area contributed by atoms with Gasteiger partial charge in [0.1, 0.15) is 5.82 Å². The summed E-state index contributed by atoms with van der Waals surface area (Å²) in [5.41, 5.74) is 1.53. The molecule has 0 fully saturated rings. The number of benzene rings is 1. The van der Waals surface area contributed by atoms with Crippen LogP contribution in [0.4, 0.5) is 10.1 Å². The van der Waals surface area contributed by atoms with Gasteiger partial charge < -0.3 is 4.90 Å². The van der Waals surface area contributed by atoms with Crippen molar-refractivity contribution in [2.45, 2.75) is 6.54 Å². The van der Waals surface area contributed by atoms with E-state index in [1.54, 1.807) is 6.07 Å². The lowest BCUT2D eigenvalue weighted by Gasteiger charge is -2.15. The number of halogens is 1. The van der Waals surface area contributed by atoms with Gasteiger partial charge >= 0.3 is 0 Å². The molecule has 74 valence electrons. The number of anilines is 1. The van der Waals surface area contributed by atoms with E-state index >= 15 is 0 Å². The van der Waals surface area contributed by atoms with Crippen molar-refractivity contribution in [2.75, 3.05) is 19.0 Å². The first kappa shape index (κ1) is 10.4. The van der Waals surface area contributed by atoms with Crippen LogP contribution in [0, 0.1) is 5.82 Å². The van der Waals surface area contributed by atoms with E-state index in [1.807, 2.05) is 19.0 Å². The van der Waals surface area contributed by atoms with Gasteiger partial charge in [-0.25, -0.2) is 14.2 Å². The van der Waals surface area contributed by atoms with Gasteiger partial charge in [0.05, 0.1) is 6.54 Å². The van der Waals surface area contributed by atoms with Crippen LogP contribution in [0.1, 0.15) is 5.56 Å². The molecule has 0 spiro atoms. The minimum absolute atomic E-state index is 0.161. The lowest BCUT2D eigenvalue weighted by molar-refractivity contribution is 0.562. The number of rotatable bonds is 3. The highest BCUT2D eigenvalue weighted by atomic mass is 19.1. The summed E-state index contributed by atoms with van der Waals surface area (Å²) in [4.78, 5) is 15.2. The molecule has 0 aliphatic heterocycles. The monoisotopic (exact) mass is 194 g/mol. The molecular formula is C10H11FN2O. The van der Waals surface area contributed by atoms with Gasteiger partial charge in [-0.1, -0.05) is 0 Å². The molecule has 0 aromatic heterocycles. The first-order valence-corrected chi connectivity index (χ1v) is 4.14. The maximum atomic E-state index is 12.9. The molecule has 1 rings (SSSR count). The predicted molar refractivity (Wildman–Crippen MR) is 52.6 cm³/mol. The molecule has 0 saturated carbocycles. The molecule has 0 unspecified atom stereocenters. The number of nitrogens with zero attached hydrogens (tertiary/aromatic N) is 2. The van der Waals surface area contributed by atoms with Crippen LogP contribution >= 0.6 is 0 Å². The molecule has 0 amide bonds. The van der Waals surface area contributed by atoms with Gasteiger partial charge in [-0.2, -0.15) is 0 Å². The molecule has 0 saturated heterocycles. The van der Waals surface area contributed by atoms with E-state index in [0.29, 0.717) is 5.56 Å². The van der Waals surface area contributed by atoms with E-state index in [2.05, 4.69) is 4.99 Å². The first-order valence-electron chi connectivity index (χ1n) is 4.14.